The molecule has 2 aromatic rings. The molecule has 2 aromatic heterocycles. The Balaban J connectivity index is 1.90. The van der Waals surface area contributed by atoms with E-state index in [-0.39, 0.29) is 0 Å². The maximum Gasteiger partial charge on any atom is 0.258 e. The molecule has 4 nitrogen and oxygen atoms in total. The van der Waals surface area contributed by atoms with Gasteiger partial charge in [-0.3, -0.25) is 0 Å². The van der Waals surface area contributed by atoms with Gasteiger partial charge in [0.15, 0.2) is 5.82 Å². The lowest BCUT2D eigenvalue weighted by molar-refractivity contribution is 0.382. The average molecular weight is 207 g/mol. The first-order valence-electron chi connectivity index (χ1n) is 4.50. The Morgan fingerprint density at radius 3 is 3.07 bits per heavy atom. The zero-order valence-corrected chi connectivity index (χ0v) is 8.25. The molecule has 0 amide bonds. The van der Waals surface area contributed by atoms with Crippen LogP contribution in [0.1, 0.15) is 11.7 Å². The molecule has 14 heavy (non-hydrogen) atoms. The van der Waals surface area contributed by atoms with E-state index in [1.165, 1.54) is 0 Å². The summed E-state index contributed by atoms with van der Waals surface area (Å²) in [6.45, 7) is 1.92. The number of aromatic nitrogens is 2. The van der Waals surface area contributed by atoms with Crippen LogP contribution >= 0.6 is 11.3 Å². The molecule has 1 aliphatic rings. The van der Waals surface area contributed by atoms with Gasteiger partial charge in [-0.1, -0.05) is 5.16 Å². The van der Waals surface area contributed by atoms with Gasteiger partial charge in [0, 0.05) is 24.4 Å². The molecule has 1 aliphatic heterocycles. The first-order valence-corrected chi connectivity index (χ1v) is 5.44. The highest BCUT2D eigenvalue weighted by atomic mass is 32.1. The maximum atomic E-state index is 5.18. The van der Waals surface area contributed by atoms with Gasteiger partial charge in [0.25, 0.3) is 5.89 Å². The van der Waals surface area contributed by atoms with Crippen LogP contribution in [0.3, 0.4) is 0 Å². The zero-order chi connectivity index (χ0) is 9.38. The third-order valence-electron chi connectivity index (χ3n) is 2.36. The van der Waals surface area contributed by atoms with Crippen LogP contribution in [0.2, 0.25) is 0 Å². The van der Waals surface area contributed by atoms with Crippen LogP contribution in [-0.2, 0) is 0 Å². The summed E-state index contributed by atoms with van der Waals surface area (Å²) >= 11 is 1.63. The SMILES string of the molecule is c1cc(-c2nc(C3CNC3)no2)cs1. The van der Waals surface area contributed by atoms with Crippen molar-refractivity contribution < 1.29 is 4.52 Å². The lowest BCUT2D eigenvalue weighted by atomic mass is 10.0. The van der Waals surface area contributed by atoms with Crippen molar-refractivity contribution in [3.05, 3.63) is 22.7 Å². The van der Waals surface area contributed by atoms with Crippen LogP contribution < -0.4 is 5.32 Å². The predicted molar refractivity (Wildman–Crippen MR) is 53.2 cm³/mol. The van der Waals surface area contributed by atoms with E-state index in [0.29, 0.717) is 11.8 Å². The van der Waals surface area contributed by atoms with Crippen LogP contribution in [-0.4, -0.2) is 23.2 Å². The fraction of sp³-hybridized carbons (Fsp3) is 0.333. The number of hydrogen-bond donors (Lipinski definition) is 1. The van der Waals surface area contributed by atoms with Gasteiger partial charge in [-0.25, -0.2) is 0 Å². The maximum absolute atomic E-state index is 5.18. The number of nitrogens with one attached hydrogen (secondary N) is 1. The van der Waals surface area contributed by atoms with Crippen molar-refractivity contribution in [2.75, 3.05) is 13.1 Å². The van der Waals surface area contributed by atoms with Gasteiger partial charge in [-0.2, -0.15) is 16.3 Å². The summed E-state index contributed by atoms with van der Waals surface area (Å²) in [5.41, 5.74) is 1.01. The number of thiophene rings is 1. The number of hydrogen-bond acceptors (Lipinski definition) is 5. The predicted octanol–water partition coefficient (Wildman–Crippen LogP) is 1.48. The molecule has 1 N–H and O–H groups in total. The molecule has 3 rings (SSSR count). The van der Waals surface area contributed by atoms with Crippen molar-refractivity contribution in [2.45, 2.75) is 5.92 Å². The Morgan fingerprint density at radius 1 is 1.50 bits per heavy atom. The summed E-state index contributed by atoms with van der Waals surface area (Å²) in [6.07, 6.45) is 0. The topological polar surface area (TPSA) is 51.0 Å². The second-order valence-corrected chi connectivity index (χ2v) is 4.10. The molecule has 0 saturated carbocycles. The minimum absolute atomic E-state index is 0.436. The quantitative estimate of drug-likeness (QED) is 0.810. The molecule has 0 aliphatic carbocycles. The summed E-state index contributed by atoms with van der Waals surface area (Å²) in [5, 5.41) is 11.2. The minimum Gasteiger partial charge on any atom is -0.334 e. The smallest absolute Gasteiger partial charge is 0.258 e. The second kappa shape index (κ2) is 3.18. The largest absolute Gasteiger partial charge is 0.334 e. The van der Waals surface area contributed by atoms with Crippen LogP contribution in [0.5, 0.6) is 0 Å². The molecule has 3 heterocycles. The summed E-state index contributed by atoms with van der Waals surface area (Å²) < 4.78 is 5.18. The van der Waals surface area contributed by atoms with Crippen LogP contribution in [0.25, 0.3) is 11.5 Å². The lowest BCUT2D eigenvalue weighted by Crippen LogP contribution is -2.40. The molecule has 1 saturated heterocycles. The molecule has 5 heteroatoms. The average Bonchev–Trinajstić information content (AvgIpc) is 2.65. The second-order valence-electron chi connectivity index (χ2n) is 3.32. The lowest BCUT2D eigenvalue weighted by Gasteiger charge is -2.23. The van der Waals surface area contributed by atoms with Crippen LogP contribution in [0.4, 0.5) is 0 Å². The fourth-order valence-corrected chi connectivity index (χ4v) is 2.01. The highest BCUT2D eigenvalue weighted by Gasteiger charge is 2.24. The third-order valence-corrected chi connectivity index (χ3v) is 3.04. The van der Waals surface area contributed by atoms with Crippen molar-refractivity contribution in [1.29, 1.82) is 0 Å². The van der Waals surface area contributed by atoms with E-state index in [1.54, 1.807) is 11.3 Å². The van der Waals surface area contributed by atoms with Gasteiger partial charge in [-0.15, -0.1) is 0 Å². The molecule has 0 unspecified atom stereocenters. The Morgan fingerprint density at radius 2 is 2.43 bits per heavy atom. The van der Waals surface area contributed by atoms with E-state index in [1.807, 2.05) is 16.8 Å². The zero-order valence-electron chi connectivity index (χ0n) is 7.43. The minimum atomic E-state index is 0.436. The Labute approximate surface area is 85.0 Å². The van der Waals surface area contributed by atoms with Crippen LogP contribution in [0.15, 0.2) is 21.3 Å². The molecule has 72 valence electrons. The van der Waals surface area contributed by atoms with Gasteiger partial charge in [0.2, 0.25) is 0 Å². The molecule has 0 radical (unpaired) electrons. The van der Waals surface area contributed by atoms with Gasteiger partial charge in [-0.05, 0) is 11.4 Å². The fourth-order valence-electron chi connectivity index (χ4n) is 1.38. The van der Waals surface area contributed by atoms with Crippen molar-refractivity contribution in [2.24, 2.45) is 0 Å². The van der Waals surface area contributed by atoms with Gasteiger partial charge in [0.05, 0.1) is 5.56 Å². The third kappa shape index (κ3) is 1.25. The Kier molecular flexibility index (Phi) is 1.85. The molecule has 0 aromatic carbocycles. The highest BCUT2D eigenvalue weighted by molar-refractivity contribution is 7.08. The van der Waals surface area contributed by atoms with Crippen molar-refractivity contribution in [3.8, 4) is 11.5 Å². The van der Waals surface area contributed by atoms with Crippen molar-refractivity contribution in [3.63, 3.8) is 0 Å². The standard InChI is InChI=1S/C9H9N3OS/c1-2-14-5-6(1)9-11-8(12-13-9)7-3-10-4-7/h1-2,5,7,10H,3-4H2. The van der Waals surface area contributed by atoms with E-state index in [2.05, 4.69) is 15.5 Å². The van der Waals surface area contributed by atoms with E-state index < -0.39 is 0 Å². The summed E-state index contributed by atoms with van der Waals surface area (Å²) in [7, 11) is 0. The highest BCUT2D eigenvalue weighted by Crippen LogP contribution is 2.23. The van der Waals surface area contributed by atoms with E-state index in [9.17, 15) is 0 Å². The van der Waals surface area contributed by atoms with E-state index in [0.717, 1.165) is 24.5 Å². The molecule has 0 atom stereocenters. The summed E-state index contributed by atoms with van der Waals surface area (Å²) in [4.78, 5) is 4.36. The van der Waals surface area contributed by atoms with Gasteiger partial charge < -0.3 is 9.84 Å². The Bertz CT molecular complexity index is 419. The monoisotopic (exact) mass is 207 g/mol. The first-order chi connectivity index (χ1) is 6.93. The Hall–Kier alpha value is -1.20. The molecular formula is C9H9N3OS. The van der Waals surface area contributed by atoms with Crippen molar-refractivity contribution >= 4 is 11.3 Å². The van der Waals surface area contributed by atoms with Gasteiger partial charge in [0.1, 0.15) is 0 Å². The van der Waals surface area contributed by atoms with Gasteiger partial charge >= 0.3 is 0 Å². The van der Waals surface area contributed by atoms with Crippen molar-refractivity contribution in [1.82, 2.24) is 15.5 Å². The molecule has 0 spiro atoms. The first kappa shape index (κ1) is 8.14. The molecule has 0 bridgehead atoms. The summed E-state index contributed by atoms with van der Waals surface area (Å²) in [5.74, 6) is 1.89. The van der Waals surface area contributed by atoms with Crippen LogP contribution in [0, 0.1) is 0 Å². The normalized spacial score (nSPS) is 16.9. The number of nitrogens with zero attached hydrogens (tertiary/aromatic N) is 2. The molecule has 1 fully saturated rings. The number of rotatable bonds is 2. The van der Waals surface area contributed by atoms with E-state index >= 15 is 0 Å². The molecular weight excluding hydrogens is 198 g/mol. The van der Waals surface area contributed by atoms with E-state index in [4.69, 9.17) is 4.52 Å². The summed E-state index contributed by atoms with van der Waals surface area (Å²) in [6, 6.07) is 1.99.